The summed E-state index contributed by atoms with van der Waals surface area (Å²) in [4.78, 5) is 15.4. The van der Waals surface area contributed by atoms with Crippen LogP contribution in [0.25, 0.3) is 11.4 Å². The summed E-state index contributed by atoms with van der Waals surface area (Å²) < 4.78 is 54.8. The van der Waals surface area contributed by atoms with E-state index in [1.165, 1.54) is 30.3 Å². The maximum atomic E-state index is 13.2. The van der Waals surface area contributed by atoms with Crippen LogP contribution in [0.5, 0.6) is 0 Å². The number of carbonyl (C=O) groups excluding carboxylic acids is 1. The first-order valence-electron chi connectivity index (χ1n) is 7.02. The monoisotopic (exact) mass is 385 g/mol. The van der Waals surface area contributed by atoms with Crippen LogP contribution >= 0.6 is 11.6 Å². The minimum absolute atomic E-state index is 0.0914. The first kappa shape index (κ1) is 17.9. The van der Waals surface area contributed by atoms with Crippen molar-refractivity contribution < 1.29 is 26.9 Å². The molecule has 0 radical (unpaired) electrons. The zero-order valence-corrected chi connectivity index (χ0v) is 13.4. The molecule has 5 nitrogen and oxygen atoms in total. The zero-order valence-electron chi connectivity index (χ0n) is 12.6. The Morgan fingerprint density at radius 3 is 2.42 bits per heavy atom. The molecule has 0 saturated heterocycles. The van der Waals surface area contributed by atoms with Gasteiger partial charge in [-0.2, -0.15) is 18.2 Å². The SMILES string of the molecule is O=C(Nc1cc(F)ccc1Cl)c1ccc(-c2noc(C(F)(F)F)n2)cc1. The second kappa shape index (κ2) is 6.75. The second-order valence-electron chi connectivity index (χ2n) is 5.08. The first-order valence-corrected chi connectivity index (χ1v) is 7.39. The van der Waals surface area contributed by atoms with Gasteiger partial charge in [-0.25, -0.2) is 4.39 Å². The van der Waals surface area contributed by atoms with E-state index in [2.05, 4.69) is 20.0 Å². The van der Waals surface area contributed by atoms with E-state index < -0.39 is 23.8 Å². The summed E-state index contributed by atoms with van der Waals surface area (Å²) >= 11 is 5.87. The molecule has 0 aliphatic heterocycles. The predicted octanol–water partition coefficient (Wildman–Crippen LogP) is 4.80. The molecule has 26 heavy (non-hydrogen) atoms. The van der Waals surface area contributed by atoms with Gasteiger partial charge < -0.3 is 9.84 Å². The summed E-state index contributed by atoms with van der Waals surface area (Å²) in [7, 11) is 0. The molecular formula is C16H8ClF4N3O2. The fraction of sp³-hybridized carbons (Fsp3) is 0.0625. The molecule has 2 aromatic carbocycles. The number of alkyl halides is 3. The van der Waals surface area contributed by atoms with Crippen LogP contribution < -0.4 is 5.32 Å². The Labute approximate surface area is 148 Å². The van der Waals surface area contributed by atoms with Crippen LogP contribution in [0.4, 0.5) is 23.2 Å². The van der Waals surface area contributed by atoms with Crippen molar-refractivity contribution >= 4 is 23.2 Å². The van der Waals surface area contributed by atoms with Crippen LogP contribution in [0.3, 0.4) is 0 Å². The third-order valence-corrected chi connectivity index (χ3v) is 3.58. The lowest BCUT2D eigenvalue weighted by Gasteiger charge is -2.07. The Hall–Kier alpha value is -2.94. The summed E-state index contributed by atoms with van der Waals surface area (Å²) in [6.45, 7) is 0. The van der Waals surface area contributed by atoms with Gasteiger partial charge in [0.1, 0.15) is 5.82 Å². The summed E-state index contributed by atoms with van der Waals surface area (Å²) in [5, 5.41) is 5.85. The average Bonchev–Trinajstić information content (AvgIpc) is 3.09. The molecule has 3 rings (SSSR count). The quantitative estimate of drug-likeness (QED) is 0.657. The van der Waals surface area contributed by atoms with Crippen LogP contribution in [0.2, 0.25) is 5.02 Å². The van der Waals surface area contributed by atoms with Gasteiger partial charge in [-0.1, -0.05) is 28.9 Å². The number of hydrogen-bond donors (Lipinski definition) is 1. The fourth-order valence-corrected chi connectivity index (χ4v) is 2.18. The fourth-order valence-electron chi connectivity index (χ4n) is 2.01. The van der Waals surface area contributed by atoms with Crippen molar-refractivity contribution in [2.45, 2.75) is 6.18 Å². The molecule has 0 unspecified atom stereocenters. The third-order valence-electron chi connectivity index (χ3n) is 3.25. The van der Waals surface area contributed by atoms with Gasteiger partial charge in [-0.15, -0.1) is 0 Å². The highest BCUT2D eigenvalue weighted by Crippen LogP contribution is 2.29. The molecule has 1 amide bonds. The van der Waals surface area contributed by atoms with Crippen molar-refractivity contribution in [2.24, 2.45) is 0 Å². The molecule has 1 heterocycles. The molecule has 0 aliphatic carbocycles. The van der Waals surface area contributed by atoms with Crippen LogP contribution in [0, 0.1) is 5.82 Å². The van der Waals surface area contributed by atoms with Gasteiger partial charge in [-0.05, 0) is 30.3 Å². The molecule has 10 heteroatoms. The molecule has 0 saturated carbocycles. The van der Waals surface area contributed by atoms with E-state index in [-0.39, 0.29) is 27.7 Å². The van der Waals surface area contributed by atoms with E-state index in [9.17, 15) is 22.4 Å². The summed E-state index contributed by atoms with van der Waals surface area (Å²) in [5.41, 5.74) is 0.493. The number of carbonyl (C=O) groups is 1. The molecule has 1 N–H and O–H groups in total. The maximum Gasteiger partial charge on any atom is 0.471 e. The molecule has 1 aromatic heterocycles. The van der Waals surface area contributed by atoms with Crippen LogP contribution in [-0.2, 0) is 6.18 Å². The van der Waals surface area contributed by atoms with Crippen molar-refractivity contribution in [1.29, 1.82) is 0 Å². The highest BCUT2D eigenvalue weighted by molar-refractivity contribution is 6.33. The molecule has 0 bridgehead atoms. The number of aromatic nitrogens is 2. The van der Waals surface area contributed by atoms with Gasteiger partial charge >= 0.3 is 12.1 Å². The lowest BCUT2D eigenvalue weighted by atomic mass is 10.1. The third kappa shape index (κ3) is 3.83. The van der Waals surface area contributed by atoms with Gasteiger partial charge in [-0.3, -0.25) is 4.79 Å². The number of rotatable bonds is 3. The summed E-state index contributed by atoms with van der Waals surface area (Å²) in [6, 6.07) is 8.91. The highest BCUT2D eigenvalue weighted by Gasteiger charge is 2.38. The number of hydrogen-bond acceptors (Lipinski definition) is 4. The highest BCUT2D eigenvalue weighted by atomic mass is 35.5. The lowest BCUT2D eigenvalue weighted by Crippen LogP contribution is -2.12. The Bertz CT molecular complexity index is 955. The first-order chi connectivity index (χ1) is 12.2. The molecule has 134 valence electrons. The van der Waals surface area contributed by atoms with Crippen LogP contribution in [0.1, 0.15) is 16.2 Å². The molecule has 3 aromatic rings. The predicted molar refractivity (Wildman–Crippen MR) is 84.1 cm³/mol. The van der Waals surface area contributed by atoms with Gasteiger partial charge in [0.25, 0.3) is 5.91 Å². The van der Waals surface area contributed by atoms with Crippen molar-refractivity contribution in [1.82, 2.24) is 10.1 Å². The van der Waals surface area contributed by atoms with E-state index in [1.807, 2.05) is 0 Å². The molecular weight excluding hydrogens is 378 g/mol. The van der Waals surface area contributed by atoms with Crippen molar-refractivity contribution in [2.75, 3.05) is 5.32 Å². The minimum atomic E-state index is -4.74. The number of nitrogens with zero attached hydrogens (tertiary/aromatic N) is 2. The second-order valence-corrected chi connectivity index (χ2v) is 5.48. The minimum Gasteiger partial charge on any atom is -0.329 e. The smallest absolute Gasteiger partial charge is 0.329 e. The van der Waals surface area contributed by atoms with E-state index in [1.54, 1.807) is 0 Å². The van der Waals surface area contributed by atoms with Gasteiger partial charge in [0.15, 0.2) is 0 Å². The Balaban J connectivity index is 1.78. The van der Waals surface area contributed by atoms with E-state index in [4.69, 9.17) is 11.6 Å². The van der Waals surface area contributed by atoms with Crippen LogP contribution in [0.15, 0.2) is 47.0 Å². The van der Waals surface area contributed by atoms with E-state index in [0.717, 1.165) is 12.1 Å². The molecule has 0 spiro atoms. The number of benzene rings is 2. The Morgan fingerprint density at radius 2 is 1.81 bits per heavy atom. The van der Waals surface area contributed by atoms with Crippen molar-refractivity contribution in [3.05, 3.63) is 64.8 Å². The number of nitrogens with one attached hydrogen (secondary N) is 1. The maximum absolute atomic E-state index is 13.2. The Kier molecular flexibility index (Phi) is 4.64. The van der Waals surface area contributed by atoms with Crippen LogP contribution in [-0.4, -0.2) is 16.0 Å². The largest absolute Gasteiger partial charge is 0.471 e. The zero-order chi connectivity index (χ0) is 18.9. The average molecular weight is 386 g/mol. The number of anilines is 1. The van der Waals surface area contributed by atoms with E-state index in [0.29, 0.717) is 0 Å². The number of amides is 1. The summed E-state index contributed by atoms with van der Waals surface area (Å²) in [6.07, 6.45) is -4.74. The Morgan fingerprint density at radius 1 is 1.12 bits per heavy atom. The van der Waals surface area contributed by atoms with E-state index >= 15 is 0 Å². The molecule has 0 atom stereocenters. The van der Waals surface area contributed by atoms with Crippen molar-refractivity contribution in [3.63, 3.8) is 0 Å². The van der Waals surface area contributed by atoms with Gasteiger partial charge in [0, 0.05) is 11.1 Å². The standard InChI is InChI=1S/C16H8ClF4N3O2/c17-11-6-5-10(18)7-12(11)22-14(25)9-3-1-8(2-4-9)13-23-15(26-24-13)16(19,20)21/h1-7H,(H,22,25). The normalized spacial score (nSPS) is 11.4. The summed E-state index contributed by atoms with van der Waals surface area (Å²) in [5.74, 6) is -2.88. The van der Waals surface area contributed by atoms with Crippen molar-refractivity contribution in [3.8, 4) is 11.4 Å². The van der Waals surface area contributed by atoms with Gasteiger partial charge in [0.2, 0.25) is 5.82 Å². The number of halogens is 5. The van der Waals surface area contributed by atoms with Gasteiger partial charge in [0.05, 0.1) is 10.7 Å². The topological polar surface area (TPSA) is 68.0 Å². The lowest BCUT2D eigenvalue weighted by molar-refractivity contribution is -0.159. The molecule has 0 fully saturated rings. The molecule has 0 aliphatic rings.